The minimum atomic E-state index is -0.645. The maximum Gasteiger partial charge on any atom is 0.302 e. The molecule has 0 spiro atoms. The number of hydrogen-bond donors (Lipinski definition) is 1. The van der Waals surface area contributed by atoms with Gasteiger partial charge in [-0.3, -0.25) is 9.59 Å². The summed E-state index contributed by atoms with van der Waals surface area (Å²) >= 11 is 0. The molecule has 4 nitrogen and oxygen atoms in total. The number of hydrogen-bond acceptors (Lipinski definition) is 4. The zero-order valence-electron chi connectivity index (χ0n) is 18.6. The summed E-state index contributed by atoms with van der Waals surface area (Å²) in [5.74, 6) is 2.32. The van der Waals surface area contributed by atoms with Crippen molar-refractivity contribution in [3.05, 3.63) is 11.6 Å². The Hall–Kier alpha value is -1.16. The SMILES string of the molecule is CC(=O)OCCCC1(O)CC[C@H]2[C@@H]3CCC4=CC(=O)CC(C)[C@]4(C)[C@@H]3CC[C@@]21C. The van der Waals surface area contributed by atoms with E-state index in [9.17, 15) is 14.7 Å². The number of allylic oxidation sites excluding steroid dienone is 1. The van der Waals surface area contributed by atoms with Crippen LogP contribution in [0, 0.1) is 34.5 Å². The molecule has 0 aromatic carbocycles. The van der Waals surface area contributed by atoms with Crippen molar-refractivity contribution in [3.63, 3.8) is 0 Å². The van der Waals surface area contributed by atoms with Gasteiger partial charge < -0.3 is 9.84 Å². The number of rotatable bonds is 4. The molecular formula is C25H38O4. The van der Waals surface area contributed by atoms with Crippen LogP contribution in [0.1, 0.15) is 85.5 Å². The molecule has 0 radical (unpaired) electrons. The normalized spacial score (nSPS) is 46.4. The van der Waals surface area contributed by atoms with Gasteiger partial charge in [0.1, 0.15) is 0 Å². The molecule has 1 N–H and O–H groups in total. The Balaban J connectivity index is 1.54. The molecule has 0 aliphatic heterocycles. The molecule has 2 unspecified atom stereocenters. The smallest absolute Gasteiger partial charge is 0.302 e. The fourth-order valence-electron chi connectivity index (χ4n) is 8.04. The van der Waals surface area contributed by atoms with Crippen LogP contribution < -0.4 is 0 Å². The van der Waals surface area contributed by atoms with Crippen LogP contribution >= 0.6 is 0 Å². The standard InChI is InChI=1S/C25H38O4/c1-16-14-19(27)15-18-6-7-20-21-9-12-25(28,10-5-13-29-17(2)26)23(21,3)11-8-22(20)24(16,18)4/h15-16,20-22,28H,5-14H2,1-4H3/t16?,20-,21-,22+,23-,24-,25?/m0/s1. The second-order valence-corrected chi connectivity index (χ2v) is 10.9. The van der Waals surface area contributed by atoms with Crippen molar-refractivity contribution in [1.82, 2.24) is 0 Å². The Morgan fingerprint density at radius 2 is 1.93 bits per heavy atom. The fourth-order valence-corrected chi connectivity index (χ4v) is 8.04. The van der Waals surface area contributed by atoms with Gasteiger partial charge in [-0.15, -0.1) is 0 Å². The van der Waals surface area contributed by atoms with Crippen LogP contribution in [-0.4, -0.2) is 29.1 Å². The summed E-state index contributed by atoms with van der Waals surface area (Å²) in [4.78, 5) is 23.2. The van der Waals surface area contributed by atoms with E-state index in [1.807, 2.05) is 6.08 Å². The van der Waals surface area contributed by atoms with Crippen LogP contribution in [0.3, 0.4) is 0 Å². The minimum Gasteiger partial charge on any atom is -0.466 e. The predicted octanol–water partition coefficient (Wildman–Crippen LogP) is 4.84. The summed E-state index contributed by atoms with van der Waals surface area (Å²) in [6.07, 6.45) is 10.5. The van der Waals surface area contributed by atoms with E-state index in [-0.39, 0.29) is 16.8 Å². The first-order valence-electron chi connectivity index (χ1n) is 11.7. The van der Waals surface area contributed by atoms with Crippen molar-refractivity contribution < 1.29 is 19.4 Å². The molecule has 0 aromatic rings. The van der Waals surface area contributed by atoms with Crippen LogP contribution in [0.25, 0.3) is 0 Å². The van der Waals surface area contributed by atoms with E-state index in [2.05, 4.69) is 20.8 Å². The Kier molecular flexibility index (Phi) is 5.25. The highest BCUT2D eigenvalue weighted by Crippen LogP contribution is 2.68. The van der Waals surface area contributed by atoms with Crippen molar-refractivity contribution in [1.29, 1.82) is 0 Å². The summed E-state index contributed by atoms with van der Waals surface area (Å²) in [6, 6.07) is 0. The average molecular weight is 403 g/mol. The summed E-state index contributed by atoms with van der Waals surface area (Å²) in [7, 11) is 0. The van der Waals surface area contributed by atoms with Gasteiger partial charge in [0.25, 0.3) is 0 Å². The van der Waals surface area contributed by atoms with Crippen LogP contribution in [0.5, 0.6) is 0 Å². The number of carbonyl (C=O) groups excluding carboxylic acids is 2. The molecule has 0 aromatic heterocycles. The van der Waals surface area contributed by atoms with Gasteiger partial charge in [-0.1, -0.05) is 26.3 Å². The molecule has 4 heteroatoms. The van der Waals surface area contributed by atoms with E-state index in [1.54, 1.807) is 0 Å². The first-order chi connectivity index (χ1) is 13.6. The highest BCUT2D eigenvalue weighted by molar-refractivity contribution is 5.92. The van der Waals surface area contributed by atoms with Crippen LogP contribution in [0.4, 0.5) is 0 Å². The zero-order chi connectivity index (χ0) is 21.0. The monoisotopic (exact) mass is 402 g/mol. The molecule has 0 amide bonds. The fraction of sp³-hybridized carbons (Fsp3) is 0.840. The summed E-state index contributed by atoms with van der Waals surface area (Å²) in [6.45, 7) is 8.88. The van der Waals surface area contributed by atoms with Crippen molar-refractivity contribution >= 4 is 11.8 Å². The second-order valence-electron chi connectivity index (χ2n) is 10.9. The van der Waals surface area contributed by atoms with Crippen molar-refractivity contribution in [2.75, 3.05) is 6.61 Å². The number of aliphatic hydroxyl groups is 1. The largest absolute Gasteiger partial charge is 0.466 e. The highest BCUT2D eigenvalue weighted by atomic mass is 16.5. The molecule has 3 fully saturated rings. The third-order valence-electron chi connectivity index (χ3n) is 9.87. The number of carbonyl (C=O) groups is 2. The molecule has 4 rings (SSSR count). The first kappa shape index (κ1) is 21.1. The summed E-state index contributed by atoms with van der Waals surface area (Å²) < 4.78 is 5.11. The molecule has 3 saturated carbocycles. The number of fused-ring (bicyclic) bond motifs is 5. The third kappa shape index (κ3) is 3.12. The lowest BCUT2D eigenvalue weighted by atomic mass is 9.44. The van der Waals surface area contributed by atoms with Crippen molar-refractivity contribution in [3.8, 4) is 0 Å². The van der Waals surface area contributed by atoms with Gasteiger partial charge in [0.2, 0.25) is 0 Å². The Morgan fingerprint density at radius 1 is 1.21 bits per heavy atom. The van der Waals surface area contributed by atoms with Gasteiger partial charge in [-0.05, 0) is 91.9 Å². The lowest BCUT2D eigenvalue weighted by Crippen LogP contribution is -2.56. The first-order valence-corrected chi connectivity index (χ1v) is 11.7. The van der Waals surface area contributed by atoms with E-state index in [4.69, 9.17) is 4.74 Å². The Bertz CT molecular complexity index is 726. The van der Waals surface area contributed by atoms with Gasteiger partial charge in [0.05, 0.1) is 12.2 Å². The van der Waals surface area contributed by atoms with Gasteiger partial charge in [0, 0.05) is 13.3 Å². The molecule has 7 atom stereocenters. The zero-order valence-corrected chi connectivity index (χ0v) is 18.6. The number of ether oxygens (including phenoxy) is 1. The second kappa shape index (κ2) is 7.21. The minimum absolute atomic E-state index is 0.0459. The highest BCUT2D eigenvalue weighted by Gasteiger charge is 2.64. The van der Waals surface area contributed by atoms with Gasteiger partial charge in [0.15, 0.2) is 5.78 Å². The molecule has 162 valence electrons. The van der Waals surface area contributed by atoms with Crippen molar-refractivity contribution in [2.45, 2.75) is 91.1 Å². The van der Waals surface area contributed by atoms with Crippen LogP contribution in [-0.2, 0) is 14.3 Å². The quantitative estimate of drug-likeness (QED) is 0.540. The maximum absolute atomic E-state index is 12.2. The number of ketones is 1. The average Bonchev–Trinajstić information content (AvgIpc) is 2.92. The number of esters is 1. The van der Waals surface area contributed by atoms with E-state index in [0.717, 1.165) is 51.4 Å². The van der Waals surface area contributed by atoms with E-state index in [0.29, 0.717) is 42.5 Å². The molecular weight excluding hydrogens is 364 g/mol. The van der Waals surface area contributed by atoms with Crippen LogP contribution in [0.15, 0.2) is 11.6 Å². The molecule has 29 heavy (non-hydrogen) atoms. The predicted molar refractivity (Wildman–Crippen MR) is 112 cm³/mol. The lowest BCUT2D eigenvalue weighted by Gasteiger charge is -2.60. The van der Waals surface area contributed by atoms with Gasteiger partial charge in [-0.2, -0.15) is 0 Å². The van der Waals surface area contributed by atoms with Gasteiger partial charge in [-0.25, -0.2) is 0 Å². The van der Waals surface area contributed by atoms with E-state index >= 15 is 0 Å². The maximum atomic E-state index is 12.2. The lowest BCUT2D eigenvalue weighted by molar-refractivity contribution is -0.146. The summed E-state index contributed by atoms with van der Waals surface area (Å²) in [5, 5.41) is 11.7. The Labute approximate surface area is 175 Å². The molecule has 4 aliphatic rings. The Morgan fingerprint density at radius 3 is 2.66 bits per heavy atom. The third-order valence-corrected chi connectivity index (χ3v) is 9.87. The molecule has 0 heterocycles. The molecule has 0 bridgehead atoms. The van der Waals surface area contributed by atoms with E-state index < -0.39 is 5.60 Å². The van der Waals surface area contributed by atoms with Crippen molar-refractivity contribution in [2.24, 2.45) is 34.5 Å². The van der Waals surface area contributed by atoms with Crippen LogP contribution in [0.2, 0.25) is 0 Å². The van der Waals surface area contributed by atoms with Gasteiger partial charge >= 0.3 is 5.97 Å². The van der Waals surface area contributed by atoms with E-state index in [1.165, 1.54) is 12.5 Å². The molecule has 4 aliphatic carbocycles. The molecule has 0 saturated heterocycles. The topological polar surface area (TPSA) is 63.6 Å². The summed E-state index contributed by atoms with van der Waals surface area (Å²) in [5.41, 5.74) is 0.860.